The molecule has 0 saturated heterocycles. The third-order valence-corrected chi connectivity index (χ3v) is 4.60. The van der Waals surface area contributed by atoms with Crippen LogP contribution in [0, 0.1) is 24.7 Å². The van der Waals surface area contributed by atoms with Crippen molar-refractivity contribution in [1.82, 2.24) is 5.32 Å². The Morgan fingerprint density at radius 2 is 1.95 bits per heavy atom. The van der Waals surface area contributed by atoms with Crippen LogP contribution in [0.1, 0.15) is 41.6 Å². The van der Waals surface area contributed by atoms with Gasteiger partial charge in [-0.25, -0.2) is 0 Å². The van der Waals surface area contributed by atoms with Gasteiger partial charge in [0.15, 0.2) is 0 Å². The molecule has 0 atom stereocenters. The maximum Gasteiger partial charge on any atom is 0.251 e. The number of nitrogens with two attached hydrogens (primary N) is 1. The van der Waals surface area contributed by atoms with Crippen LogP contribution < -0.4 is 16.6 Å². The lowest BCUT2D eigenvalue weighted by Gasteiger charge is -2.16. The number of hydrogen-bond donors (Lipinski definition) is 3. The van der Waals surface area contributed by atoms with Crippen molar-refractivity contribution in [2.45, 2.75) is 32.6 Å². The number of rotatable bonds is 6. The lowest BCUT2D eigenvalue weighted by Crippen LogP contribution is -2.31. The molecule has 2 fully saturated rings. The first kappa shape index (κ1) is 13.4. The Labute approximate surface area is 120 Å². The Balaban J connectivity index is 1.59. The Bertz CT molecular complexity index is 494. The predicted octanol–water partition coefficient (Wildman–Crippen LogP) is 2.45. The second-order valence-corrected chi connectivity index (χ2v) is 6.22. The Kier molecular flexibility index (Phi) is 3.66. The minimum absolute atomic E-state index is 0.0305. The number of nitrogens with one attached hydrogen (secondary N) is 2. The molecule has 1 amide bonds. The number of carbonyl (C=O) groups is 1. The van der Waals surface area contributed by atoms with Crippen LogP contribution in [0.3, 0.4) is 0 Å². The fourth-order valence-corrected chi connectivity index (χ4v) is 3.05. The van der Waals surface area contributed by atoms with E-state index in [9.17, 15) is 4.79 Å². The van der Waals surface area contributed by atoms with Crippen LogP contribution in [-0.4, -0.2) is 12.5 Å². The van der Waals surface area contributed by atoms with Crippen molar-refractivity contribution < 1.29 is 4.79 Å². The van der Waals surface area contributed by atoms with Crippen LogP contribution in [0.2, 0.25) is 0 Å². The number of hydrogen-bond acceptors (Lipinski definition) is 3. The van der Waals surface area contributed by atoms with Gasteiger partial charge >= 0.3 is 0 Å². The number of hydrazine groups is 1. The molecule has 3 rings (SSSR count). The van der Waals surface area contributed by atoms with Gasteiger partial charge in [0.25, 0.3) is 5.91 Å². The molecule has 2 aliphatic carbocycles. The van der Waals surface area contributed by atoms with E-state index in [2.05, 4.69) is 10.7 Å². The average molecular weight is 273 g/mol. The summed E-state index contributed by atoms with van der Waals surface area (Å²) in [5.74, 6) is 7.89. The summed E-state index contributed by atoms with van der Waals surface area (Å²) in [5, 5.41) is 3.12. The van der Waals surface area contributed by atoms with E-state index in [4.69, 9.17) is 5.84 Å². The predicted molar refractivity (Wildman–Crippen MR) is 80.3 cm³/mol. The molecule has 20 heavy (non-hydrogen) atoms. The van der Waals surface area contributed by atoms with Crippen molar-refractivity contribution in [2.75, 3.05) is 12.0 Å². The first-order valence-electron chi connectivity index (χ1n) is 7.54. The molecule has 4 N–H and O–H groups in total. The van der Waals surface area contributed by atoms with E-state index < -0.39 is 0 Å². The quantitative estimate of drug-likeness (QED) is 0.551. The number of carbonyl (C=O) groups excluding carboxylic acids is 1. The monoisotopic (exact) mass is 273 g/mol. The van der Waals surface area contributed by atoms with Crippen molar-refractivity contribution in [3.8, 4) is 0 Å². The zero-order valence-electron chi connectivity index (χ0n) is 12.0. The molecule has 0 radical (unpaired) electrons. The van der Waals surface area contributed by atoms with Crippen LogP contribution in [0.25, 0.3) is 0 Å². The fraction of sp³-hybridized carbons (Fsp3) is 0.562. The molecule has 2 aliphatic rings. The molecule has 108 valence electrons. The van der Waals surface area contributed by atoms with Crippen LogP contribution in [0.15, 0.2) is 18.2 Å². The standard InChI is InChI=1S/C16H23N3O/c1-10-8-13(6-7-15(10)19-17)16(20)18-9-14(11-2-3-11)12-4-5-12/h6-8,11-12,14,19H,2-5,9,17H2,1H3,(H,18,20). The van der Waals surface area contributed by atoms with E-state index in [1.807, 2.05) is 25.1 Å². The number of nitrogen functional groups attached to an aromatic ring is 1. The minimum Gasteiger partial charge on any atom is -0.352 e. The number of benzene rings is 1. The maximum absolute atomic E-state index is 12.2. The highest BCUT2D eigenvalue weighted by atomic mass is 16.1. The molecule has 0 aliphatic heterocycles. The smallest absolute Gasteiger partial charge is 0.251 e. The van der Waals surface area contributed by atoms with Gasteiger partial charge in [0.2, 0.25) is 0 Å². The summed E-state index contributed by atoms with van der Waals surface area (Å²) >= 11 is 0. The van der Waals surface area contributed by atoms with Crippen molar-refractivity contribution in [1.29, 1.82) is 0 Å². The lowest BCUT2D eigenvalue weighted by molar-refractivity contribution is 0.0943. The highest BCUT2D eigenvalue weighted by molar-refractivity contribution is 5.94. The van der Waals surface area contributed by atoms with E-state index >= 15 is 0 Å². The molecule has 0 aromatic heterocycles. The van der Waals surface area contributed by atoms with E-state index in [1.54, 1.807) is 0 Å². The summed E-state index contributed by atoms with van der Waals surface area (Å²) in [6.45, 7) is 2.78. The molecule has 2 saturated carbocycles. The van der Waals surface area contributed by atoms with Crippen LogP contribution >= 0.6 is 0 Å². The summed E-state index contributed by atoms with van der Waals surface area (Å²) in [5.41, 5.74) is 5.18. The topological polar surface area (TPSA) is 67.2 Å². The molecule has 0 bridgehead atoms. The lowest BCUT2D eigenvalue weighted by atomic mass is 9.98. The van der Waals surface area contributed by atoms with E-state index in [0.717, 1.165) is 29.6 Å². The van der Waals surface area contributed by atoms with Crippen LogP contribution in [0.5, 0.6) is 0 Å². The normalized spacial score (nSPS) is 18.1. The van der Waals surface area contributed by atoms with Gasteiger partial charge in [-0.1, -0.05) is 0 Å². The molecule has 4 heteroatoms. The van der Waals surface area contributed by atoms with Crippen molar-refractivity contribution in [3.63, 3.8) is 0 Å². The number of amides is 1. The first-order valence-corrected chi connectivity index (χ1v) is 7.54. The molecule has 1 aromatic carbocycles. The van der Waals surface area contributed by atoms with E-state index in [0.29, 0.717) is 11.5 Å². The Morgan fingerprint density at radius 1 is 1.30 bits per heavy atom. The summed E-state index contributed by atoms with van der Waals surface area (Å²) in [4.78, 5) is 12.2. The SMILES string of the molecule is Cc1cc(C(=O)NCC(C2CC2)C2CC2)ccc1NN. The van der Waals surface area contributed by atoms with Gasteiger partial charge in [-0.05, 0) is 74.1 Å². The van der Waals surface area contributed by atoms with Gasteiger partial charge in [0.1, 0.15) is 0 Å². The highest BCUT2D eigenvalue weighted by Gasteiger charge is 2.41. The number of anilines is 1. The van der Waals surface area contributed by atoms with Gasteiger partial charge in [0, 0.05) is 12.1 Å². The summed E-state index contributed by atoms with van der Waals surface area (Å²) < 4.78 is 0. The van der Waals surface area contributed by atoms with Gasteiger partial charge in [-0.15, -0.1) is 0 Å². The van der Waals surface area contributed by atoms with Crippen molar-refractivity contribution >= 4 is 11.6 Å². The minimum atomic E-state index is 0.0305. The van der Waals surface area contributed by atoms with Gasteiger partial charge < -0.3 is 10.7 Å². The van der Waals surface area contributed by atoms with Gasteiger partial charge in [0.05, 0.1) is 5.69 Å². The molecular formula is C16H23N3O. The summed E-state index contributed by atoms with van der Waals surface area (Å²) in [7, 11) is 0. The maximum atomic E-state index is 12.2. The molecule has 0 heterocycles. The molecule has 4 nitrogen and oxygen atoms in total. The highest BCUT2D eigenvalue weighted by Crippen LogP contribution is 2.48. The van der Waals surface area contributed by atoms with Gasteiger partial charge in [-0.3, -0.25) is 10.6 Å². The fourth-order valence-electron chi connectivity index (χ4n) is 3.05. The third-order valence-electron chi connectivity index (χ3n) is 4.60. The van der Waals surface area contributed by atoms with Gasteiger partial charge in [-0.2, -0.15) is 0 Å². The average Bonchev–Trinajstić information content (AvgIpc) is 3.31. The van der Waals surface area contributed by atoms with Crippen molar-refractivity contribution in [2.24, 2.45) is 23.6 Å². The molecule has 1 aromatic rings. The van der Waals surface area contributed by atoms with Crippen molar-refractivity contribution in [3.05, 3.63) is 29.3 Å². The number of aryl methyl sites for hydroxylation is 1. The Morgan fingerprint density at radius 3 is 2.45 bits per heavy atom. The zero-order valence-corrected chi connectivity index (χ0v) is 12.0. The molecule has 0 spiro atoms. The first-order chi connectivity index (χ1) is 9.69. The van der Waals surface area contributed by atoms with Crippen LogP contribution in [-0.2, 0) is 0 Å². The second-order valence-electron chi connectivity index (χ2n) is 6.22. The van der Waals surface area contributed by atoms with Crippen LogP contribution in [0.4, 0.5) is 5.69 Å². The Hall–Kier alpha value is -1.55. The zero-order chi connectivity index (χ0) is 14.1. The summed E-state index contributed by atoms with van der Waals surface area (Å²) in [6.07, 6.45) is 5.42. The molecule has 0 unspecified atom stereocenters. The van der Waals surface area contributed by atoms with E-state index in [-0.39, 0.29) is 5.91 Å². The second kappa shape index (κ2) is 5.44. The third kappa shape index (κ3) is 2.96. The van der Waals surface area contributed by atoms with E-state index in [1.165, 1.54) is 25.7 Å². The largest absolute Gasteiger partial charge is 0.352 e. The summed E-state index contributed by atoms with van der Waals surface area (Å²) in [6, 6.07) is 5.55. The molecular weight excluding hydrogens is 250 g/mol.